The van der Waals surface area contributed by atoms with Crippen molar-refractivity contribution in [2.75, 3.05) is 19.4 Å². The number of carbonyl (C=O) groups is 1. The van der Waals surface area contributed by atoms with Crippen molar-refractivity contribution < 1.29 is 14.3 Å². The van der Waals surface area contributed by atoms with Gasteiger partial charge in [-0.15, -0.1) is 0 Å². The minimum atomic E-state index is -0.762. The number of hydrogen-bond donors (Lipinski definition) is 2. The summed E-state index contributed by atoms with van der Waals surface area (Å²) in [7, 11) is 1.52. The quantitative estimate of drug-likeness (QED) is 0.804. The molecule has 0 aliphatic heterocycles. The molecule has 0 radical (unpaired) electrons. The first-order valence-corrected chi connectivity index (χ1v) is 5.65. The van der Waals surface area contributed by atoms with Crippen LogP contribution in [0.15, 0.2) is 12.1 Å². The Balaban J connectivity index is 3.20. The van der Waals surface area contributed by atoms with Gasteiger partial charge in [0.05, 0.1) is 17.7 Å². The number of aliphatic hydroxyl groups excluding tert-OH is 1. The van der Waals surface area contributed by atoms with E-state index in [0.717, 1.165) is 0 Å². The van der Waals surface area contributed by atoms with Crippen LogP contribution in [0.25, 0.3) is 0 Å². The van der Waals surface area contributed by atoms with E-state index in [1.807, 2.05) is 0 Å². The van der Waals surface area contributed by atoms with Gasteiger partial charge in [-0.1, -0.05) is 0 Å². The molecule has 0 saturated heterocycles. The zero-order valence-corrected chi connectivity index (χ0v) is 11.1. The summed E-state index contributed by atoms with van der Waals surface area (Å²) in [5.74, 6) is -1.07. The summed E-state index contributed by atoms with van der Waals surface area (Å²) < 4.78 is 13.9. The molecule has 18 heavy (non-hydrogen) atoms. The van der Waals surface area contributed by atoms with E-state index in [2.05, 4.69) is 0 Å². The van der Waals surface area contributed by atoms with Gasteiger partial charge in [0.1, 0.15) is 5.82 Å². The van der Waals surface area contributed by atoms with Gasteiger partial charge in [-0.25, -0.2) is 4.39 Å². The van der Waals surface area contributed by atoms with Gasteiger partial charge >= 0.3 is 0 Å². The Morgan fingerprint density at radius 3 is 2.56 bits per heavy atom. The zero-order valence-electron chi connectivity index (χ0n) is 11.1. The first-order valence-electron chi connectivity index (χ1n) is 5.65. The number of nitrogen functional groups attached to an aromatic ring is 1. The minimum Gasteiger partial charge on any atom is -0.399 e. The lowest BCUT2D eigenvalue weighted by atomic mass is 10.0. The van der Waals surface area contributed by atoms with Crippen LogP contribution < -0.4 is 5.73 Å². The topological polar surface area (TPSA) is 66.6 Å². The van der Waals surface area contributed by atoms with E-state index in [1.165, 1.54) is 24.1 Å². The summed E-state index contributed by atoms with van der Waals surface area (Å²) >= 11 is 0. The highest BCUT2D eigenvalue weighted by atomic mass is 19.1. The molecule has 4 nitrogen and oxygen atoms in total. The van der Waals surface area contributed by atoms with Crippen LogP contribution in [0.2, 0.25) is 0 Å². The van der Waals surface area contributed by atoms with E-state index in [1.54, 1.807) is 20.8 Å². The number of halogens is 1. The number of aryl methyl sites for hydroxylation is 1. The number of carbonyl (C=O) groups excluding carboxylic acids is 1. The lowest BCUT2D eigenvalue weighted by Crippen LogP contribution is -2.47. The Kier molecular flexibility index (Phi) is 3.96. The van der Waals surface area contributed by atoms with E-state index >= 15 is 0 Å². The van der Waals surface area contributed by atoms with Gasteiger partial charge in [-0.2, -0.15) is 0 Å². The van der Waals surface area contributed by atoms with Crippen LogP contribution in [-0.2, 0) is 0 Å². The van der Waals surface area contributed by atoms with Gasteiger partial charge in [-0.3, -0.25) is 4.79 Å². The Morgan fingerprint density at radius 2 is 2.06 bits per heavy atom. The number of aliphatic hydroxyl groups is 1. The molecule has 0 heterocycles. The van der Waals surface area contributed by atoms with Crippen molar-refractivity contribution in [3.8, 4) is 0 Å². The van der Waals surface area contributed by atoms with Crippen molar-refractivity contribution >= 4 is 11.6 Å². The predicted octanol–water partition coefficient (Wildman–Crippen LogP) is 1.56. The van der Waals surface area contributed by atoms with Gasteiger partial charge in [0.2, 0.25) is 0 Å². The van der Waals surface area contributed by atoms with Crippen LogP contribution in [0.1, 0.15) is 29.8 Å². The van der Waals surface area contributed by atoms with Gasteiger partial charge in [0, 0.05) is 12.7 Å². The maximum atomic E-state index is 13.9. The fourth-order valence-corrected chi connectivity index (χ4v) is 1.51. The van der Waals surface area contributed by atoms with E-state index in [-0.39, 0.29) is 12.2 Å². The normalized spacial score (nSPS) is 11.4. The average Bonchev–Trinajstić information content (AvgIpc) is 2.31. The second-order valence-corrected chi connectivity index (χ2v) is 5.03. The maximum absolute atomic E-state index is 13.9. The Bertz CT molecular complexity index is 472. The molecular formula is C13H19FN2O2. The lowest BCUT2D eigenvalue weighted by molar-refractivity contribution is 0.0469. The largest absolute Gasteiger partial charge is 0.399 e. The summed E-state index contributed by atoms with van der Waals surface area (Å²) in [6.45, 7) is 4.74. The summed E-state index contributed by atoms with van der Waals surface area (Å²) in [5.41, 5.74) is 5.45. The number of benzene rings is 1. The average molecular weight is 254 g/mol. The fourth-order valence-electron chi connectivity index (χ4n) is 1.51. The second kappa shape index (κ2) is 4.94. The van der Waals surface area contributed by atoms with Crippen LogP contribution >= 0.6 is 0 Å². The number of rotatable bonds is 3. The Labute approximate surface area is 106 Å². The number of hydrogen-bond acceptors (Lipinski definition) is 3. The summed E-state index contributed by atoms with van der Waals surface area (Å²) in [5, 5.41) is 9.23. The number of nitrogens with two attached hydrogens (primary N) is 1. The third-order valence-corrected chi connectivity index (χ3v) is 3.11. The van der Waals surface area contributed by atoms with Gasteiger partial charge in [-0.05, 0) is 38.5 Å². The molecule has 0 atom stereocenters. The number of likely N-dealkylation sites (N-methyl/N-ethyl adjacent to an activating group) is 1. The summed E-state index contributed by atoms with van der Waals surface area (Å²) in [4.78, 5) is 13.5. The third kappa shape index (κ3) is 2.61. The molecule has 5 heteroatoms. The maximum Gasteiger partial charge on any atom is 0.257 e. The molecule has 3 N–H and O–H groups in total. The van der Waals surface area contributed by atoms with Crippen molar-refractivity contribution in [2.24, 2.45) is 0 Å². The SMILES string of the molecule is Cc1cc(N)cc(C(=O)N(C)C(C)(C)CO)c1F. The van der Waals surface area contributed by atoms with E-state index < -0.39 is 17.3 Å². The van der Waals surface area contributed by atoms with E-state index in [0.29, 0.717) is 11.3 Å². The molecule has 1 aromatic rings. The predicted molar refractivity (Wildman–Crippen MR) is 68.8 cm³/mol. The lowest BCUT2D eigenvalue weighted by Gasteiger charge is -2.34. The smallest absolute Gasteiger partial charge is 0.257 e. The molecule has 0 spiro atoms. The molecule has 0 fully saturated rings. The fraction of sp³-hybridized carbons (Fsp3) is 0.462. The van der Waals surface area contributed by atoms with E-state index in [9.17, 15) is 14.3 Å². The second-order valence-electron chi connectivity index (χ2n) is 5.03. The van der Waals surface area contributed by atoms with Gasteiger partial charge < -0.3 is 15.7 Å². The highest BCUT2D eigenvalue weighted by Crippen LogP contribution is 2.21. The highest BCUT2D eigenvalue weighted by molar-refractivity contribution is 5.96. The first-order chi connectivity index (χ1) is 8.20. The monoisotopic (exact) mass is 254 g/mol. The van der Waals surface area contributed by atoms with Crippen LogP contribution in [0, 0.1) is 12.7 Å². The van der Waals surface area contributed by atoms with E-state index in [4.69, 9.17) is 5.73 Å². The molecule has 0 aliphatic carbocycles. The standard InChI is InChI=1S/C13H19FN2O2/c1-8-5-9(15)6-10(11(8)14)12(18)16(4)13(2,3)7-17/h5-6,17H,7,15H2,1-4H3. The molecule has 1 rings (SSSR count). The van der Waals surface area contributed by atoms with Crippen LogP contribution in [0.4, 0.5) is 10.1 Å². The zero-order chi connectivity index (χ0) is 14.1. The first kappa shape index (κ1) is 14.4. The molecule has 0 unspecified atom stereocenters. The number of amides is 1. The number of anilines is 1. The van der Waals surface area contributed by atoms with Gasteiger partial charge in [0.15, 0.2) is 0 Å². The molecule has 0 saturated carbocycles. The van der Waals surface area contributed by atoms with Crippen molar-refractivity contribution in [3.05, 3.63) is 29.1 Å². The van der Waals surface area contributed by atoms with Crippen molar-refractivity contribution in [1.82, 2.24) is 4.90 Å². The van der Waals surface area contributed by atoms with Crippen LogP contribution in [-0.4, -0.2) is 35.1 Å². The van der Waals surface area contributed by atoms with Crippen molar-refractivity contribution in [1.29, 1.82) is 0 Å². The summed E-state index contributed by atoms with van der Waals surface area (Å²) in [6.07, 6.45) is 0. The van der Waals surface area contributed by atoms with Crippen molar-refractivity contribution in [3.63, 3.8) is 0 Å². The number of nitrogens with zero attached hydrogens (tertiary/aromatic N) is 1. The third-order valence-electron chi connectivity index (χ3n) is 3.11. The molecule has 0 bridgehead atoms. The molecule has 100 valence electrons. The van der Waals surface area contributed by atoms with Crippen LogP contribution in [0.3, 0.4) is 0 Å². The van der Waals surface area contributed by atoms with Crippen LogP contribution in [0.5, 0.6) is 0 Å². The highest BCUT2D eigenvalue weighted by Gasteiger charge is 2.29. The Hall–Kier alpha value is -1.62. The molecule has 0 aliphatic rings. The minimum absolute atomic E-state index is 0.0727. The molecule has 1 amide bonds. The molecular weight excluding hydrogens is 235 g/mol. The van der Waals surface area contributed by atoms with Crippen molar-refractivity contribution in [2.45, 2.75) is 26.3 Å². The Morgan fingerprint density at radius 1 is 1.50 bits per heavy atom. The molecule has 0 aromatic heterocycles. The van der Waals surface area contributed by atoms with Gasteiger partial charge in [0.25, 0.3) is 5.91 Å². The molecule has 1 aromatic carbocycles. The summed E-state index contributed by atoms with van der Waals surface area (Å²) in [6, 6.07) is 2.79.